The number of nitrogens with one attached hydrogen (secondary N) is 2. The third kappa shape index (κ3) is 2.81. The number of ether oxygens (including phenoxy) is 1. The summed E-state index contributed by atoms with van der Waals surface area (Å²) in [6, 6.07) is 17.4. The first-order chi connectivity index (χ1) is 12.2. The van der Waals surface area contributed by atoms with Crippen molar-refractivity contribution < 1.29 is 9.53 Å². The van der Waals surface area contributed by atoms with E-state index in [2.05, 4.69) is 10.6 Å². The molecule has 0 radical (unpaired) electrons. The van der Waals surface area contributed by atoms with Gasteiger partial charge in [0.25, 0.3) is 5.91 Å². The maximum absolute atomic E-state index is 12.6. The molecule has 2 heterocycles. The number of carbonyl (C=O) groups is 1. The molecule has 0 unspecified atom stereocenters. The molecule has 126 valence electrons. The third-order valence-corrected chi connectivity index (χ3v) is 5.39. The van der Waals surface area contributed by atoms with E-state index >= 15 is 0 Å². The minimum absolute atomic E-state index is 0.132. The molecule has 1 atom stereocenters. The molecule has 0 fully saturated rings. The summed E-state index contributed by atoms with van der Waals surface area (Å²) >= 11 is 6.80. The van der Waals surface area contributed by atoms with Crippen LogP contribution in [0, 0.1) is 3.95 Å². The van der Waals surface area contributed by atoms with Crippen LogP contribution in [0.2, 0.25) is 0 Å². The average molecular weight is 369 g/mol. The lowest BCUT2D eigenvalue weighted by molar-refractivity contribution is 0.0939. The first-order valence-corrected chi connectivity index (χ1v) is 8.92. The summed E-state index contributed by atoms with van der Waals surface area (Å²) in [5.41, 5.74) is 1.84. The van der Waals surface area contributed by atoms with Crippen molar-refractivity contribution in [1.82, 2.24) is 9.88 Å². The number of nitrogens with zero attached hydrogens (tertiary/aromatic N) is 1. The van der Waals surface area contributed by atoms with Gasteiger partial charge in [-0.25, -0.2) is 0 Å². The molecule has 0 saturated carbocycles. The highest BCUT2D eigenvalue weighted by molar-refractivity contribution is 7.73. The van der Waals surface area contributed by atoms with Crippen LogP contribution in [0.1, 0.15) is 21.4 Å². The number of hydrogen-bond donors (Lipinski definition) is 2. The van der Waals surface area contributed by atoms with Gasteiger partial charge in [0.1, 0.15) is 22.6 Å². The fourth-order valence-corrected chi connectivity index (χ4v) is 4.13. The van der Waals surface area contributed by atoms with Crippen molar-refractivity contribution in [2.75, 3.05) is 12.4 Å². The summed E-state index contributed by atoms with van der Waals surface area (Å²) in [6.07, 6.45) is -0.353. The number of benzene rings is 2. The molecule has 0 aliphatic carbocycles. The van der Waals surface area contributed by atoms with Gasteiger partial charge in [0, 0.05) is 5.69 Å². The zero-order valence-corrected chi connectivity index (χ0v) is 15.0. The topological polar surface area (TPSA) is 55.3 Å². The quantitative estimate of drug-likeness (QED) is 0.682. The largest absolute Gasteiger partial charge is 0.497 e. The van der Waals surface area contributed by atoms with Crippen LogP contribution in [0.25, 0.3) is 5.69 Å². The number of anilines is 1. The van der Waals surface area contributed by atoms with Gasteiger partial charge in [-0.1, -0.05) is 41.7 Å². The van der Waals surface area contributed by atoms with Gasteiger partial charge in [-0.3, -0.25) is 9.36 Å². The number of amides is 1. The molecular formula is C18H15N3O2S2. The SMILES string of the molecule is COc1cccc([C@@H]2NC(=O)c3sc(=S)n(-c4ccccc4)c3N2)c1. The van der Waals surface area contributed by atoms with E-state index in [0.717, 1.165) is 22.8 Å². The van der Waals surface area contributed by atoms with Crippen LogP contribution in [0.3, 0.4) is 0 Å². The number of fused-ring (bicyclic) bond motifs is 1. The zero-order chi connectivity index (χ0) is 17.4. The van der Waals surface area contributed by atoms with Crippen molar-refractivity contribution in [3.8, 4) is 11.4 Å². The Morgan fingerprint density at radius 3 is 2.68 bits per heavy atom. The van der Waals surface area contributed by atoms with Gasteiger partial charge in [-0.15, -0.1) is 0 Å². The van der Waals surface area contributed by atoms with Gasteiger partial charge in [-0.05, 0) is 42.0 Å². The Bertz CT molecular complexity index is 995. The number of hydrogen-bond acceptors (Lipinski definition) is 5. The average Bonchev–Trinajstić information content (AvgIpc) is 2.99. The van der Waals surface area contributed by atoms with E-state index in [4.69, 9.17) is 17.0 Å². The fourth-order valence-electron chi connectivity index (χ4n) is 2.83. The van der Waals surface area contributed by atoms with Crippen LogP contribution in [0.4, 0.5) is 5.82 Å². The van der Waals surface area contributed by atoms with Gasteiger partial charge in [0.05, 0.1) is 7.11 Å². The van der Waals surface area contributed by atoms with Crippen LogP contribution >= 0.6 is 23.6 Å². The van der Waals surface area contributed by atoms with Crippen molar-refractivity contribution in [3.05, 3.63) is 69.0 Å². The smallest absolute Gasteiger partial charge is 0.267 e. The second kappa shape index (κ2) is 6.34. The summed E-state index contributed by atoms with van der Waals surface area (Å²) in [5, 5.41) is 6.38. The molecule has 3 aromatic rings. The summed E-state index contributed by atoms with van der Waals surface area (Å²) < 4.78 is 7.81. The monoisotopic (exact) mass is 369 g/mol. The lowest BCUT2D eigenvalue weighted by Gasteiger charge is -2.27. The summed E-state index contributed by atoms with van der Waals surface area (Å²) in [5.74, 6) is 1.33. The van der Waals surface area contributed by atoms with Gasteiger partial charge in [0.2, 0.25) is 0 Å². The molecule has 0 saturated heterocycles. The molecule has 0 spiro atoms. The Hall–Kier alpha value is -2.64. The minimum atomic E-state index is -0.353. The molecular weight excluding hydrogens is 354 g/mol. The van der Waals surface area contributed by atoms with E-state index in [1.165, 1.54) is 11.3 Å². The molecule has 7 heteroatoms. The summed E-state index contributed by atoms with van der Waals surface area (Å²) in [6.45, 7) is 0. The summed E-state index contributed by atoms with van der Waals surface area (Å²) in [4.78, 5) is 13.2. The van der Waals surface area contributed by atoms with Crippen LogP contribution < -0.4 is 15.4 Å². The molecule has 1 aliphatic rings. The normalized spacial score (nSPS) is 15.9. The first-order valence-electron chi connectivity index (χ1n) is 7.70. The van der Waals surface area contributed by atoms with Crippen LogP contribution in [-0.4, -0.2) is 17.6 Å². The minimum Gasteiger partial charge on any atom is -0.497 e. The highest BCUT2D eigenvalue weighted by Crippen LogP contribution is 2.34. The highest BCUT2D eigenvalue weighted by Gasteiger charge is 2.29. The Morgan fingerprint density at radius 1 is 1.12 bits per heavy atom. The Morgan fingerprint density at radius 2 is 1.92 bits per heavy atom. The van der Waals surface area contributed by atoms with Crippen LogP contribution in [0.15, 0.2) is 54.6 Å². The zero-order valence-electron chi connectivity index (χ0n) is 13.4. The molecule has 2 aromatic carbocycles. The van der Waals surface area contributed by atoms with Gasteiger partial charge in [-0.2, -0.15) is 0 Å². The Kier molecular flexibility index (Phi) is 4.03. The van der Waals surface area contributed by atoms with Crippen molar-refractivity contribution in [2.45, 2.75) is 6.17 Å². The van der Waals surface area contributed by atoms with E-state index in [1.807, 2.05) is 59.2 Å². The maximum atomic E-state index is 12.6. The van der Waals surface area contributed by atoms with E-state index in [9.17, 15) is 4.79 Å². The van der Waals surface area contributed by atoms with Crippen molar-refractivity contribution in [1.29, 1.82) is 0 Å². The standard InChI is InChI=1S/C18H15N3O2S2/c1-23-13-9-5-6-11(10-13)15-19-16-14(17(22)20-15)25-18(24)21(16)12-7-3-2-4-8-12/h2-10,15,19H,1H3,(H,20,22)/t15-/m0/s1. The van der Waals surface area contributed by atoms with Gasteiger partial charge >= 0.3 is 0 Å². The molecule has 0 bridgehead atoms. The molecule has 2 N–H and O–H groups in total. The summed E-state index contributed by atoms with van der Waals surface area (Å²) in [7, 11) is 1.62. The number of carbonyl (C=O) groups excluding carboxylic acids is 1. The van der Waals surface area contributed by atoms with E-state index in [0.29, 0.717) is 8.83 Å². The number of para-hydroxylation sites is 1. The predicted octanol–water partition coefficient (Wildman–Crippen LogP) is 4.13. The lowest BCUT2D eigenvalue weighted by atomic mass is 10.1. The van der Waals surface area contributed by atoms with Crippen LogP contribution in [-0.2, 0) is 0 Å². The van der Waals surface area contributed by atoms with Crippen molar-refractivity contribution in [2.24, 2.45) is 0 Å². The molecule has 25 heavy (non-hydrogen) atoms. The third-order valence-electron chi connectivity index (χ3n) is 4.01. The van der Waals surface area contributed by atoms with Crippen molar-refractivity contribution in [3.63, 3.8) is 0 Å². The Balaban J connectivity index is 1.79. The molecule has 5 nitrogen and oxygen atoms in total. The van der Waals surface area contributed by atoms with Gasteiger partial charge in [0.15, 0.2) is 3.95 Å². The molecule has 1 amide bonds. The molecule has 4 rings (SSSR count). The highest BCUT2D eigenvalue weighted by atomic mass is 32.1. The Labute approximate surface area is 153 Å². The number of methoxy groups -OCH3 is 1. The molecule has 1 aliphatic heterocycles. The van der Waals surface area contributed by atoms with E-state index in [-0.39, 0.29) is 12.1 Å². The molecule has 1 aromatic heterocycles. The second-order valence-corrected chi connectivity index (χ2v) is 7.19. The number of thiazole rings is 1. The second-order valence-electron chi connectivity index (χ2n) is 5.54. The van der Waals surface area contributed by atoms with E-state index < -0.39 is 0 Å². The lowest BCUT2D eigenvalue weighted by Crippen LogP contribution is -2.38. The maximum Gasteiger partial charge on any atom is 0.267 e. The predicted molar refractivity (Wildman–Crippen MR) is 101 cm³/mol. The van der Waals surface area contributed by atoms with Crippen LogP contribution in [0.5, 0.6) is 5.75 Å². The van der Waals surface area contributed by atoms with E-state index in [1.54, 1.807) is 7.11 Å². The fraction of sp³-hybridized carbons (Fsp3) is 0.111. The number of aromatic nitrogens is 1. The first kappa shape index (κ1) is 15.9. The van der Waals surface area contributed by atoms with Crippen molar-refractivity contribution >= 4 is 35.3 Å². The number of rotatable bonds is 3. The van der Waals surface area contributed by atoms with Gasteiger partial charge < -0.3 is 15.4 Å².